The van der Waals surface area contributed by atoms with Gasteiger partial charge in [-0.25, -0.2) is 0 Å². The van der Waals surface area contributed by atoms with Gasteiger partial charge in [0.05, 0.1) is 35.8 Å². The number of hydrogen-bond acceptors (Lipinski definition) is 4. The summed E-state index contributed by atoms with van der Waals surface area (Å²) >= 11 is 6.41. The van der Waals surface area contributed by atoms with Crippen molar-refractivity contribution in [1.82, 2.24) is 10.2 Å². The smallest absolute Gasteiger partial charge is 0.417 e. The number of ether oxygens (including phenoxy) is 2. The van der Waals surface area contributed by atoms with Crippen molar-refractivity contribution in [2.45, 2.75) is 51.0 Å². The van der Waals surface area contributed by atoms with E-state index in [0.717, 1.165) is 22.8 Å². The fraction of sp³-hybridized carbons (Fsp3) is 0.324. The summed E-state index contributed by atoms with van der Waals surface area (Å²) in [4.78, 5) is 14.6. The van der Waals surface area contributed by atoms with Crippen molar-refractivity contribution in [3.05, 3.63) is 136 Å². The average molecular weight is 653 g/mol. The third-order valence-electron chi connectivity index (χ3n) is 7.98. The quantitative estimate of drug-likeness (QED) is 0.131. The van der Waals surface area contributed by atoms with Gasteiger partial charge in [0.2, 0.25) is 5.91 Å². The molecule has 0 saturated heterocycles. The average Bonchev–Trinajstić information content (AvgIpc) is 3.03. The molecule has 0 saturated carbocycles. The maximum Gasteiger partial charge on any atom is 0.417 e. The van der Waals surface area contributed by atoms with Crippen LogP contribution in [0.2, 0.25) is 5.02 Å². The minimum Gasteiger partial charge on any atom is -0.494 e. The molecule has 4 rings (SSSR count). The van der Waals surface area contributed by atoms with Crippen LogP contribution >= 0.6 is 11.6 Å². The van der Waals surface area contributed by atoms with E-state index in [1.54, 1.807) is 13.2 Å². The summed E-state index contributed by atoms with van der Waals surface area (Å²) < 4.78 is 52.5. The Morgan fingerprint density at radius 3 is 2.15 bits per heavy atom. The Kier molecular flexibility index (Phi) is 12.3. The van der Waals surface area contributed by atoms with Gasteiger partial charge in [-0.05, 0) is 60.7 Å². The molecule has 0 aromatic heterocycles. The van der Waals surface area contributed by atoms with Crippen LogP contribution in [0.4, 0.5) is 13.2 Å². The van der Waals surface area contributed by atoms with E-state index in [9.17, 15) is 18.0 Å². The van der Waals surface area contributed by atoms with Crippen molar-refractivity contribution in [1.29, 1.82) is 0 Å². The molecule has 9 heteroatoms. The summed E-state index contributed by atoms with van der Waals surface area (Å²) in [5, 5.41) is 2.61. The second-order valence-corrected chi connectivity index (χ2v) is 11.8. The molecule has 4 aromatic carbocycles. The van der Waals surface area contributed by atoms with Crippen LogP contribution in [-0.4, -0.2) is 43.7 Å². The van der Waals surface area contributed by atoms with Gasteiger partial charge >= 0.3 is 6.18 Å². The first kappa shape index (κ1) is 35.0. The van der Waals surface area contributed by atoms with Crippen LogP contribution in [0.1, 0.15) is 48.1 Å². The zero-order chi connectivity index (χ0) is 33.2. The lowest BCUT2D eigenvalue weighted by molar-refractivity contribution is -0.137. The maximum absolute atomic E-state index is 13.8. The van der Waals surface area contributed by atoms with Crippen LogP contribution in [0.25, 0.3) is 0 Å². The van der Waals surface area contributed by atoms with Crippen LogP contribution < -0.4 is 10.1 Å². The third-order valence-corrected chi connectivity index (χ3v) is 8.42. The van der Waals surface area contributed by atoms with Gasteiger partial charge in [0.15, 0.2) is 0 Å². The van der Waals surface area contributed by atoms with Crippen molar-refractivity contribution in [2.24, 2.45) is 0 Å². The number of nitrogens with zero attached hydrogens (tertiary/aromatic N) is 1. The largest absolute Gasteiger partial charge is 0.494 e. The lowest BCUT2D eigenvalue weighted by Gasteiger charge is -2.43. The van der Waals surface area contributed by atoms with Crippen LogP contribution in [-0.2, 0) is 34.2 Å². The third kappa shape index (κ3) is 9.12. The van der Waals surface area contributed by atoms with Crippen LogP contribution in [0.3, 0.4) is 0 Å². The summed E-state index contributed by atoms with van der Waals surface area (Å²) in [5.74, 6) is 0.531. The topological polar surface area (TPSA) is 50.8 Å². The normalized spacial score (nSPS) is 12.6. The number of carbonyl (C=O) groups excluding carboxylic acids is 1. The Morgan fingerprint density at radius 2 is 1.54 bits per heavy atom. The molecule has 1 unspecified atom stereocenters. The highest BCUT2D eigenvalue weighted by Gasteiger charge is 2.38. The van der Waals surface area contributed by atoms with E-state index in [1.165, 1.54) is 6.07 Å². The van der Waals surface area contributed by atoms with E-state index in [2.05, 4.69) is 17.1 Å². The van der Waals surface area contributed by atoms with Crippen molar-refractivity contribution < 1.29 is 27.4 Å². The van der Waals surface area contributed by atoms with E-state index in [-0.39, 0.29) is 29.9 Å². The van der Waals surface area contributed by atoms with Gasteiger partial charge in [-0.15, -0.1) is 0 Å². The summed E-state index contributed by atoms with van der Waals surface area (Å²) in [6.45, 7) is 5.42. The van der Waals surface area contributed by atoms with E-state index in [4.69, 9.17) is 21.1 Å². The molecule has 0 fully saturated rings. The molecule has 0 aliphatic rings. The first-order valence-corrected chi connectivity index (χ1v) is 15.6. The van der Waals surface area contributed by atoms with E-state index in [0.29, 0.717) is 37.5 Å². The van der Waals surface area contributed by atoms with Gasteiger partial charge in [-0.2, -0.15) is 13.2 Å². The molecule has 0 bridgehead atoms. The molecule has 5 nitrogen and oxygen atoms in total. The number of benzene rings is 4. The summed E-state index contributed by atoms with van der Waals surface area (Å²) in [6.07, 6.45) is -3.78. The minimum atomic E-state index is -4.56. The van der Waals surface area contributed by atoms with E-state index < -0.39 is 17.3 Å². The fourth-order valence-electron chi connectivity index (χ4n) is 5.64. The zero-order valence-corrected chi connectivity index (χ0v) is 27.1. The zero-order valence-electron chi connectivity index (χ0n) is 26.3. The predicted octanol–water partition coefficient (Wildman–Crippen LogP) is 8.29. The lowest BCUT2D eigenvalue weighted by atomic mass is 9.82. The molecule has 0 spiro atoms. The molecule has 46 heavy (non-hydrogen) atoms. The van der Waals surface area contributed by atoms with Gasteiger partial charge in [-0.1, -0.05) is 96.5 Å². The monoisotopic (exact) mass is 652 g/mol. The fourth-order valence-corrected chi connectivity index (χ4v) is 5.93. The number of halogens is 4. The van der Waals surface area contributed by atoms with Gasteiger partial charge in [0.1, 0.15) is 5.75 Å². The van der Waals surface area contributed by atoms with Crippen molar-refractivity contribution in [2.75, 3.05) is 26.9 Å². The Morgan fingerprint density at radius 1 is 0.913 bits per heavy atom. The highest BCUT2D eigenvalue weighted by atomic mass is 35.5. The molecule has 1 N–H and O–H groups in total. The maximum atomic E-state index is 13.8. The Bertz CT molecular complexity index is 1510. The van der Waals surface area contributed by atoms with Crippen LogP contribution in [0.5, 0.6) is 5.75 Å². The Labute approximate surface area is 274 Å². The molecule has 1 amide bonds. The number of methoxy groups -OCH3 is 1. The predicted molar refractivity (Wildman–Crippen MR) is 176 cm³/mol. The van der Waals surface area contributed by atoms with Crippen LogP contribution in [0.15, 0.2) is 103 Å². The lowest BCUT2D eigenvalue weighted by Crippen LogP contribution is -2.45. The molecule has 0 heterocycles. The summed E-state index contributed by atoms with van der Waals surface area (Å²) in [7, 11) is 1.59. The molecule has 0 radical (unpaired) electrons. The molecule has 0 aliphatic heterocycles. The summed E-state index contributed by atoms with van der Waals surface area (Å²) in [6, 6.07) is 31.2. The van der Waals surface area contributed by atoms with Gasteiger partial charge in [0, 0.05) is 26.2 Å². The first-order valence-electron chi connectivity index (χ1n) is 15.2. The highest BCUT2D eigenvalue weighted by Crippen LogP contribution is 2.40. The van der Waals surface area contributed by atoms with Crippen LogP contribution in [0, 0.1) is 0 Å². The second-order valence-electron chi connectivity index (χ2n) is 11.5. The number of hydrogen-bond donors (Lipinski definition) is 1. The second kappa shape index (κ2) is 16.1. The minimum absolute atomic E-state index is 0.0943. The Balaban J connectivity index is 1.56. The number of amides is 1. The summed E-state index contributed by atoms with van der Waals surface area (Å²) in [5.41, 5.74) is 1.65. The molecular formula is C37H40ClF3N2O3. The van der Waals surface area contributed by atoms with Gasteiger partial charge in [0.25, 0.3) is 0 Å². The first-order chi connectivity index (χ1) is 22.0. The van der Waals surface area contributed by atoms with Crippen molar-refractivity contribution in [3.8, 4) is 5.75 Å². The highest BCUT2D eigenvalue weighted by molar-refractivity contribution is 6.32. The molecule has 0 aliphatic carbocycles. The molecule has 244 valence electrons. The van der Waals surface area contributed by atoms with Crippen molar-refractivity contribution >= 4 is 17.5 Å². The van der Waals surface area contributed by atoms with Gasteiger partial charge < -0.3 is 14.8 Å². The molecular weight excluding hydrogens is 613 g/mol. The molecule has 4 aromatic rings. The Hall–Kier alpha value is -3.85. The van der Waals surface area contributed by atoms with Crippen molar-refractivity contribution in [3.63, 3.8) is 0 Å². The standard InChI is InChI=1S/C37H40ClF3N2O3/c1-27(26-45-3)42-34(44)24-28-13-10-19-32(23-28)46-22-12-21-43(25-29-14-11-20-33(35(29)38)37(39,40)41)36(2,30-15-6-4-7-16-30)31-17-8-5-9-18-31/h4-11,13-20,23,27H,12,21-22,24-26H2,1-3H3,(H,42,44). The number of carbonyl (C=O) groups is 1. The number of nitrogens with one attached hydrogen (secondary N) is 1. The number of alkyl halides is 3. The number of rotatable bonds is 15. The van der Waals surface area contributed by atoms with E-state index >= 15 is 0 Å². The van der Waals surface area contributed by atoms with E-state index in [1.807, 2.05) is 91.9 Å². The SMILES string of the molecule is COCC(C)NC(=O)Cc1cccc(OCCCN(Cc2cccc(C(F)(F)F)c2Cl)C(C)(c2ccccc2)c2ccccc2)c1. The molecule has 1 atom stereocenters. The van der Waals surface area contributed by atoms with Gasteiger partial charge in [-0.3, -0.25) is 9.69 Å².